The van der Waals surface area contributed by atoms with E-state index >= 15 is 0 Å². The molecule has 1 amide bonds. The van der Waals surface area contributed by atoms with Crippen molar-refractivity contribution in [3.05, 3.63) is 18.1 Å². The van der Waals surface area contributed by atoms with E-state index in [2.05, 4.69) is 15.3 Å². The van der Waals surface area contributed by atoms with Crippen molar-refractivity contribution in [3.8, 4) is 0 Å². The van der Waals surface area contributed by atoms with Crippen molar-refractivity contribution in [1.82, 2.24) is 14.9 Å². The van der Waals surface area contributed by atoms with Crippen molar-refractivity contribution in [3.63, 3.8) is 0 Å². The molecule has 2 aliphatic rings. The van der Waals surface area contributed by atoms with Crippen molar-refractivity contribution in [1.29, 1.82) is 0 Å². The lowest BCUT2D eigenvalue weighted by molar-refractivity contribution is -0.181. The summed E-state index contributed by atoms with van der Waals surface area (Å²) in [5, 5.41) is 3.15. The van der Waals surface area contributed by atoms with Gasteiger partial charge in [0.05, 0.1) is 25.6 Å². The molecule has 132 valence electrons. The van der Waals surface area contributed by atoms with Crippen LogP contribution < -0.4 is 5.32 Å². The van der Waals surface area contributed by atoms with Gasteiger partial charge in [0.25, 0.3) is 5.91 Å². The summed E-state index contributed by atoms with van der Waals surface area (Å²) < 4.78 is 16.3. The summed E-state index contributed by atoms with van der Waals surface area (Å²) in [5.74, 6) is 0.0904. The first-order valence-corrected chi connectivity index (χ1v) is 8.34. The SMILES string of the molecule is COCCCNc1cnc(C(=O)N2CCC3(CC2)OCCO3)cn1. The van der Waals surface area contributed by atoms with E-state index in [1.165, 1.54) is 6.20 Å². The molecule has 0 saturated carbocycles. The quantitative estimate of drug-likeness (QED) is 0.773. The van der Waals surface area contributed by atoms with Gasteiger partial charge in [0.1, 0.15) is 11.5 Å². The van der Waals surface area contributed by atoms with Crippen molar-refractivity contribution in [2.75, 3.05) is 51.9 Å². The number of carbonyl (C=O) groups excluding carboxylic acids is 1. The smallest absolute Gasteiger partial charge is 0.274 e. The number of rotatable bonds is 6. The summed E-state index contributed by atoms with van der Waals surface area (Å²) in [6, 6.07) is 0. The molecule has 3 heterocycles. The van der Waals surface area contributed by atoms with Crippen LogP contribution in [0.15, 0.2) is 12.4 Å². The van der Waals surface area contributed by atoms with Crippen LogP contribution in [0, 0.1) is 0 Å². The molecule has 0 atom stereocenters. The number of likely N-dealkylation sites (tertiary alicyclic amines) is 1. The molecule has 0 bridgehead atoms. The van der Waals surface area contributed by atoms with E-state index in [0.29, 0.717) is 57.3 Å². The van der Waals surface area contributed by atoms with E-state index in [4.69, 9.17) is 14.2 Å². The topological polar surface area (TPSA) is 85.8 Å². The Labute approximate surface area is 141 Å². The number of amides is 1. The molecule has 2 saturated heterocycles. The number of aromatic nitrogens is 2. The molecule has 0 aliphatic carbocycles. The lowest BCUT2D eigenvalue weighted by Gasteiger charge is -2.37. The van der Waals surface area contributed by atoms with E-state index in [9.17, 15) is 4.79 Å². The fourth-order valence-corrected chi connectivity index (χ4v) is 2.96. The molecule has 2 aliphatic heterocycles. The van der Waals surface area contributed by atoms with Crippen molar-refractivity contribution >= 4 is 11.7 Å². The molecule has 1 N–H and O–H groups in total. The molecule has 1 aromatic rings. The molecule has 1 aromatic heterocycles. The van der Waals surface area contributed by atoms with E-state index in [0.717, 1.165) is 13.0 Å². The first-order chi connectivity index (χ1) is 11.7. The van der Waals surface area contributed by atoms with Crippen LogP contribution in [0.25, 0.3) is 0 Å². The largest absolute Gasteiger partial charge is 0.385 e. The van der Waals surface area contributed by atoms with Crippen molar-refractivity contribution < 1.29 is 19.0 Å². The van der Waals surface area contributed by atoms with Crippen LogP contribution in [-0.2, 0) is 14.2 Å². The molecule has 24 heavy (non-hydrogen) atoms. The zero-order valence-corrected chi connectivity index (χ0v) is 14.0. The number of methoxy groups -OCH3 is 1. The van der Waals surface area contributed by atoms with Crippen LogP contribution in [0.5, 0.6) is 0 Å². The number of ether oxygens (including phenoxy) is 3. The molecule has 3 rings (SSSR count). The predicted molar refractivity (Wildman–Crippen MR) is 86.8 cm³/mol. The van der Waals surface area contributed by atoms with E-state index in [1.807, 2.05) is 0 Å². The number of carbonyl (C=O) groups is 1. The predicted octanol–water partition coefficient (Wildman–Crippen LogP) is 0.904. The molecular weight excluding hydrogens is 312 g/mol. The molecule has 0 radical (unpaired) electrons. The summed E-state index contributed by atoms with van der Waals surface area (Å²) in [6.45, 7) is 3.94. The van der Waals surface area contributed by atoms with Crippen molar-refractivity contribution in [2.45, 2.75) is 25.0 Å². The first-order valence-electron chi connectivity index (χ1n) is 8.34. The van der Waals surface area contributed by atoms with Gasteiger partial charge in [-0.3, -0.25) is 4.79 Å². The highest BCUT2D eigenvalue weighted by Gasteiger charge is 2.41. The van der Waals surface area contributed by atoms with E-state index in [-0.39, 0.29) is 5.91 Å². The summed E-state index contributed by atoms with van der Waals surface area (Å²) in [7, 11) is 1.67. The lowest BCUT2D eigenvalue weighted by Crippen LogP contribution is -2.47. The second-order valence-electron chi connectivity index (χ2n) is 5.96. The molecule has 8 heteroatoms. The average molecular weight is 336 g/mol. The zero-order valence-electron chi connectivity index (χ0n) is 14.0. The molecule has 0 unspecified atom stereocenters. The Bertz CT molecular complexity index is 536. The van der Waals surface area contributed by atoms with E-state index < -0.39 is 5.79 Å². The summed E-state index contributed by atoms with van der Waals surface area (Å²) in [4.78, 5) is 22.8. The van der Waals surface area contributed by atoms with Gasteiger partial charge in [0, 0.05) is 46.2 Å². The second kappa shape index (κ2) is 7.87. The van der Waals surface area contributed by atoms with Crippen LogP contribution >= 0.6 is 0 Å². The van der Waals surface area contributed by atoms with Gasteiger partial charge in [-0.15, -0.1) is 0 Å². The molecular formula is C16H24N4O4. The van der Waals surface area contributed by atoms with Gasteiger partial charge in [-0.05, 0) is 6.42 Å². The monoisotopic (exact) mass is 336 g/mol. The summed E-state index contributed by atoms with van der Waals surface area (Å²) in [6.07, 6.45) is 5.40. The highest BCUT2D eigenvalue weighted by atomic mass is 16.7. The Morgan fingerprint density at radius 2 is 2.04 bits per heavy atom. The van der Waals surface area contributed by atoms with Crippen molar-refractivity contribution in [2.24, 2.45) is 0 Å². The van der Waals surface area contributed by atoms with Crippen LogP contribution in [0.3, 0.4) is 0 Å². The average Bonchev–Trinajstić information content (AvgIpc) is 3.07. The number of hydrogen-bond donors (Lipinski definition) is 1. The van der Waals surface area contributed by atoms with Gasteiger partial charge in [-0.25, -0.2) is 9.97 Å². The molecule has 2 fully saturated rings. The third kappa shape index (κ3) is 4.00. The Balaban J connectivity index is 1.50. The third-order valence-corrected chi connectivity index (χ3v) is 4.33. The maximum absolute atomic E-state index is 12.5. The van der Waals surface area contributed by atoms with Crippen LogP contribution in [0.4, 0.5) is 5.82 Å². The standard InChI is InChI=1S/C16H24N4O4/c1-22-8-2-5-17-14-12-18-13(11-19-14)15(21)20-6-3-16(4-7-20)23-9-10-24-16/h11-12H,2-10H2,1H3,(H,17,19). The minimum Gasteiger partial charge on any atom is -0.385 e. The minimum absolute atomic E-state index is 0.0960. The Hall–Kier alpha value is -1.77. The normalized spacial score (nSPS) is 19.6. The summed E-state index contributed by atoms with van der Waals surface area (Å²) in [5.41, 5.74) is 0.363. The number of nitrogens with one attached hydrogen (secondary N) is 1. The van der Waals surface area contributed by atoms with Gasteiger partial charge in [0.2, 0.25) is 0 Å². The van der Waals surface area contributed by atoms with E-state index in [1.54, 1.807) is 18.2 Å². The Morgan fingerprint density at radius 3 is 2.67 bits per heavy atom. The Morgan fingerprint density at radius 1 is 1.29 bits per heavy atom. The Kier molecular flexibility index (Phi) is 5.60. The minimum atomic E-state index is -0.474. The van der Waals surface area contributed by atoms with Gasteiger partial charge >= 0.3 is 0 Å². The molecule has 8 nitrogen and oxygen atoms in total. The highest BCUT2D eigenvalue weighted by molar-refractivity contribution is 5.92. The second-order valence-corrected chi connectivity index (χ2v) is 5.96. The fourth-order valence-electron chi connectivity index (χ4n) is 2.96. The highest BCUT2D eigenvalue weighted by Crippen LogP contribution is 2.31. The number of piperidine rings is 1. The summed E-state index contributed by atoms with van der Waals surface area (Å²) >= 11 is 0. The van der Waals surface area contributed by atoms with Gasteiger partial charge in [-0.1, -0.05) is 0 Å². The fraction of sp³-hybridized carbons (Fsp3) is 0.688. The third-order valence-electron chi connectivity index (χ3n) is 4.33. The van der Waals surface area contributed by atoms with Crippen LogP contribution in [-0.4, -0.2) is 73.1 Å². The van der Waals surface area contributed by atoms with Gasteiger partial charge in [-0.2, -0.15) is 0 Å². The number of nitrogens with zero attached hydrogens (tertiary/aromatic N) is 3. The maximum Gasteiger partial charge on any atom is 0.274 e. The number of anilines is 1. The molecule has 0 aromatic carbocycles. The van der Waals surface area contributed by atoms with Gasteiger partial charge in [0.15, 0.2) is 5.79 Å². The maximum atomic E-state index is 12.5. The van der Waals surface area contributed by atoms with Crippen LogP contribution in [0.1, 0.15) is 29.8 Å². The number of hydrogen-bond acceptors (Lipinski definition) is 7. The molecule has 1 spiro atoms. The van der Waals surface area contributed by atoms with Crippen LogP contribution in [0.2, 0.25) is 0 Å². The zero-order chi connectivity index (χ0) is 16.8. The van der Waals surface area contributed by atoms with Gasteiger partial charge < -0.3 is 24.4 Å². The lowest BCUT2D eigenvalue weighted by atomic mass is 10.0. The first kappa shape index (κ1) is 17.1.